The van der Waals surface area contributed by atoms with Crippen LogP contribution in [0.5, 0.6) is 0 Å². The Morgan fingerprint density at radius 2 is 1.74 bits per heavy atom. The highest BCUT2D eigenvalue weighted by molar-refractivity contribution is 6.76. The SMILES string of the molecule is O=C(Nc1cccc([C@H]2O[C@@H](CN3CCC[C@H]3CN3CCCC3)C[C@@H](c3ccc(CO)cc3)O2)c1)C(Cl)(Cl)Cl. The van der Waals surface area contributed by atoms with E-state index in [0.717, 1.165) is 42.7 Å². The lowest BCUT2D eigenvalue weighted by Gasteiger charge is -2.39. The highest BCUT2D eigenvalue weighted by Crippen LogP contribution is 2.39. The van der Waals surface area contributed by atoms with E-state index in [0.29, 0.717) is 11.7 Å². The molecule has 0 aliphatic carbocycles. The number of rotatable bonds is 8. The van der Waals surface area contributed by atoms with Crippen molar-refractivity contribution in [1.29, 1.82) is 0 Å². The average molecular weight is 597 g/mol. The van der Waals surface area contributed by atoms with Crippen molar-refractivity contribution in [2.24, 2.45) is 0 Å². The number of alkyl halides is 3. The third kappa shape index (κ3) is 7.66. The Labute approximate surface area is 245 Å². The van der Waals surface area contributed by atoms with Gasteiger partial charge in [0.25, 0.3) is 9.70 Å². The number of benzene rings is 2. The van der Waals surface area contributed by atoms with E-state index in [1.807, 2.05) is 36.4 Å². The second-order valence-corrected chi connectivity index (χ2v) is 13.0. The lowest BCUT2D eigenvalue weighted by molar-refractivity contribution is -0.253. The zero-order valence-electron chi connectivity index (χ0n) is 21.9. The minimum Gasteiger partial charge on any atom is -0.392 e. The Balaban J connectivity index is 1.34. The van der Waals surface area contributed by atoms with Crippen LogP contribution in [0.2, 0.25) is 0 Å². The summed E-state index contributed by atoms with van der Waals surface area (Å²) in [5.74, 6) is -0.729. The third-order valence-electron chi connectivity index (χ3n) is 7.89. The summed E-state index contributed by atoms with van der Waals surface area (Å²) in [6, 6.07) is 15.7. The van der Waals surface area contributed by atoms with Crippen LogP contribution in [0.3, 0.4) is 0 Å². The molecule has 3 saturated heterocycles. The van der Waals surface area contributed by atoms with E-state index < -0.39 is 16.0 Å². The molecule has 5 rings (SSSR count). The number of halogens is 3. The molecule has 10 heteroatoms. The molecule has 1 amide bonds. The number of anilines is 1. The summed E-state index contributed by atoms with van der Waals surface area (Å²) < 4.78 is 11.0. The summed E-state index contributed by atoms with van der Waals surface area (Å²) >= 11 is 17.2. The molecule has 3 heterocycles. The second-order valence-electron chi connectivity index (χ2n) is 10.7. The number of aliphatic hydroxyl groups is 1. The number of carbonyl (C=O) groups is 1. The first-order valence-electron chi connectivity index (χ1n) is 13.7. The molecule has 0 aromatic heterocycles. The number of hydrogen-bond donors (Lipinski definition) is 2. The number of likely N-dealkylation sites (tertiary alicyclic amines) is 2. The van der Waals surface area contributed by atoms with Gasteiger partial charge in [-0.1, -0.05) is 71.2 Å². The van der Waals surface area contributed by atoms with Crippen LogP contribution < -0.4 is 5.32 Å². The van der Waals surface area contributed by atoms with Gasteiger partial charge >= 0.3 is 0 Å². The summed E-state index contributed by atoms with van der Waals surface area (Å²) in [4.78, 5) is 17.4. The molecule has 0 radical (unpaired) electrons. The van der Waals surface area contributed by atoms with Gasteiger partial charge in [-0.2, -0.15) is 0 Å². The molecule has 4 atom stereocenters. The van der Waals surface area contributed by atoms with Crippen LogP contribution in [0, 0.1) is 0 Å². The van der Waals surface area contributed by atoms with Crippen molar-refractivity contribution in [2.45, 2.75) is 67.0 Å². The molecule has 0 bridgehead atoms. The third-order valence-corrected chi connectivity index (χ3v) is 8.41. The van der Waals surface area contributed by atoms with E-state index in [9.17, 15) is 9.90 Å². The zero-order valence-corrected chi connectivity index (χ0v) is 24.2. The molecule has 0 unspecified atom stereocenters. The lowest BCUT2D eigenvalue weighted by atomic mass is 9.99. The molecule has 3 fully saturated rings. The summed E-state index contributed by atoms with van der Waals surface area (Å²) in [5.41, 5.74) is 3.17. The molecule has 2 aromatic carbocycles. The van der Waals surface area contributed by atoms with Crippen LogP contribution >= 0.6 is 34.8 Å². The molecule has 7 nitrogen and oxygen atoms in total. The monoisotopic (exact) mass is 595 g/mol. The molecule has 3 aliphatic rings. The first kappa shape index (κ1) is 29.1. The van der Waals surface area contributed by atoms with Crippen LogP contribution in [-0.4, -0.2) is 69.5 Å². The quantitative estimate of drug-likeness (QED) is 0.387. The van der Waals surface area contributed by atoms with Gasteiger partial charge < -0.3 is 24.8 Å². The Morgan fingerprint density at radius 3 is 2.46 bits per heavy atom. The number of amides is 1. The van der Waals surface area contributed by atoms with Crippen LogP contribution in [0.4, 0.5) is 5.69 Å². The second kappa shape index (κ2) is 13.0. The van der Waals surface area contributed by atoms with Crippen molar-refractivity contribution in [1.82, 2.24) is 9.80 Å². The van der Waals surface area contributed by atoms with Crippen LogP contribution in [0.15, 0.2) is 48.5 Å². The molecule has 2 aromatic rings. The number of nitrogens with one attached hydrogen (secondary N) is 1. The number of nitrogens with zero attached hydrogens (tertiary/aromatic N) is 2. The van der Waals surface area contributed by atoms with E-state index in [2.05, 4.69) is 15.1 Å². The van der Waals surface area contributed by atoms with Crippen molar-refractivity contribution >= 4 is 46.4 Å². The topological polar surface area (TPSA) is 74.3 Å². The first-order valence-corrected chi connectivity index (χ1v) is 14.9. The molecule has 212 valence electrons. The smallest absolute Gasteiger partial charge is 0.276 e. The number of aliphatic hydroxyl groups excluding tert-OH is 1. The molecule has 3 aliphatic heterocycles. The maximum atomic E-state index is 12.2. The van der Waals surface area contributed by atoms with Crippen molar-refractivity contribution in [2.75, 3.05) is 38.0 Å². The average Bonchev–Trinajstić information content (AvgIpc) is 3.61. The van der Waals surface area contributed by atoms with Gasteiger partial charge in [0.15, 0.2) is 6.29 Å². The predicted molar refractivity (Wildman–Crippen MR) is 154 cm³/mol. The van der Waals surface area contributed by atoms with Gasteiger partial charge in [-0.25, -0.2) is 0 Å². The normalized spacial score (nSPS) is 26.7. The summed E-state index contributed by atoms with van der Waals surface area (Å²) in [7, 11) is 0. The summed E-state index contributed by atoms with van der Waals surface area (Å²) in [6.07, 6.45) is 4.92. The van der Waals surface area contributed by atoms with Crippen molar-refractivity contribution in [3.05, 3.63) is 65.2 Å². The lowest BCUT2D eigenvalue weighted by Crippen LogP contribution is -2.45. The fraction of sp³-hybridized carbons (Fsp3) is 0.552. The van der Waals surface area contributed by atoms with Gasteiger partial charge in [0.2, 0.25) is 0 Å². The van der Waals surface area contributed by atoms with Crippen molar-refractivity contribution in [3.8, 4) is 0 Å². The van der Waals surface area contributed by atoms with Gasteiger partial charge in [0.1, 0.15) is 0 Å². The Kier molecular flexibility index (Phi) is 9.73. The van der Waals surface area contributed by atoms with Crippen molar-refractivity contribution in [3.63, 3.8) is 0 Å². The largest absolute Gasteiger partial charge is 0.392 e. The standard InChI is InChI=1S/C29H36Cl3N3O4/c30-29(31,32)28(37)33-23-6-3-5-22(15-23)27-38-25(16-26(39-27)21-10-8-20(19-36)9-11-21)18-35-14-4-7-24(35)17-34-12-1-2-13-34/h3,5-6,8-11,15,24-27,36H,1-2,4,7,12-14,16-19H2,(H,33,37)/t24-,25+,26-,27-/m0/s1. The van der Waals surface area contributed by atoms with Gasteiger partial charge in [-0.05, 0) is 68.6 Å². The minimum atomic E-state index is -2.06. The van der Waals surface area contributed by atoms with E-state index in [1.165, 1.54) is 38.8 Å². The Bertz CT molecular complexity index is 1110. The predicted octanol–water partition coefficient (Wildman–Crippen LogP) is 5.59. The van der Waals surface area contributed by atoms with E-state index >= 15 is 0 Å². The number of hydrogen-bond acceptors (Lipinski definition) is 6. The molecule has 0 spiro atoms. The van der Waals surface area contributed by atoms with E-state index in [1.54, 1.807) is 12.1 Å². The maximum absolute atomic E-state index is 12.2. The summed E-state index contributed by atoms with van der Waals surface area (Å²) in [5, 5.41) is 12.1. The number of ether oxygens (including phenoxy) is 2. The highest BCUT2D eigenvalue weighted by atomic mass is 35.6. The van der Waals surface area contributed by atoms with Crippen LogP contribution in [0.1, 0.15) is 61.2 Å². The van der Waals surface area contributed by atoms with Gasteiger partial charge in [-0.3, -0.25) is 9.69 Å². The van der Waals surface area contributed by atoms with Crippen LogP contribution in [-0.2, 0) is 20.9 Å². The van der Waals surface area contributed by atoms with Gasteiger partial charge in [0.05, 0.1) is 18.8 Å². The Hall–Kier alpha value is -1.42. The minimum absolute atomic E-state index is 0.000234. The Morgan fingerprint density at radius 1 is 0.974 bits per heavy atom. The van der Waals surface area contributed by atoms with Crippen LogP contribution in [0.25, 0.3) is 0 Å². The molecule has 39 heavy (non-hydrogen) atoms. The summed E-state index contributed by atoms with van der Waals surface area (Å²) in [6.45, 7) is 5.46. The molecule has 2 N–H and O–H groups in total. The van der Waals surface area contributed by atoms with Crippen molar-refractivity contribution < 1.29 is 19.4 Å². The number of carbonyl (C=O) groups excluding carboxylic acids is 1. The maximum Gasteiger partial charge on any atom is 0.276 e. The molecular weight excluding hydrogens is 561 g/mol. The fourth-order valence-electron chi connectivity index (χ4n) is 5.87. The fourth-order valence-corrected chi connectivity index (χ4v) is 6.01. The van der Waals surface area contributed by atoms with E-state index in [4.69, 9.17) is 44.3 Å². The molecular formula is C29H36Cl3N3O4. The first-order chi connectivity index (χ1) is 18.8. The van der Waals surface area contributed by atoms with Gasteiger partial charge in [-0.15, -0.1) is 0 Å². The molecule has 0 saturated carbocycles. The van der Waals surface area contributed by atoms with Gasteiger partial charge in [0, 0.05) is 36.8 Å². The highest BCUT2D eigenvalue weighted by Gasteiger charge is 2.36. The van der Waals surface area contributed by atoms with E-state index in [-0.39, 0.29) is 18.8 Å². The zero-order chi connectivity index (χ0) is 27.4.